The summed E-state index contributed by atoms with van der Waals surface area (Å²) in [4.78, 5) is 12.6. The van der Waals surface area contributed by atoms with Crippen LogP contribution in [0.15, 0.2) is 188 Å². The van der Waals surface area contributed by atoms with Gasteiger partial charge in [-0.1, -0.05) is 182 Å². The second kappa shape index (κ2) is 16.2. The van der Waals surface area contributed by atoms with Crippen LogP contribution in [0.4, 0.5) is 0 Å². The van der Waals surface area contributed by atoms with E-state index in [0.717, 1.165) is 16.3 Å². The first-order valence-electron chi connectivity index (χ1n) is 18.4. The SMILES string of the molecule is CCOC(=O)C=Cc1cccc2c(-c3c(P(c4ccccc4)c4ccccc4)ccc4c(C)cccc34)c(P(c3ccccc3)c3ccccc3)ccc12. The van der Waals surface area contributed by atoms with Gasteiger partial charge in [0, 0.05) is 6.08 Å². The highest BCUT2D eigenvalue weighted by molar-refractivity contribution is 7.80. The van der Waals surface area contributed by atoms with Gasteiger partial charge in [-0.2, -0.15) is 0 Å². The number of hydrogen-bond acceptors (Lipinski definition) is 2. The van der Waals surface area contributed by atoms with Crippen molar-refractivity contribution >= 4 is 81.3 Å². The summed E-state index contributed by atoms with van der Waals surface area (Å²) in [7, 11) is -1.95. The van der Waals surface area contributed by atoms with E-state index in [2.05, 4.69) is 189 Å². The summed E-state index contributed by atoms with van der Waals surface area (Å²) in [5.74, 6) is -0.341. The first-order valence-corrected chi connectivity index (χ1v) is 21.0. The molecule has 0 heterocycles. The molecule has 0 aliphatic carbocycles. The summed E-state index contributed by atoms with van der Waals surface area (Å²) in [6, 6.07) is 66.5. The standard InChI is InChI=1S/C50H40O2P2/c1-3-52-48(51)35-30-37-19-17-29-45-43(37)32-34-47(54(40-24-12-6-13-25-40)41-26-14-7-15-27-41)50(45)49-44-28-16-18-36(2)42(44)31-33-46(49)53(38-20-8-4-9-21-38)39-22-10-5-11-23-39/h4-35H,3H2,1-2H3. The quantitative estimate of drug-likeness (QED) is 0.0795. The zero-order valence-electron chi connectivity index (χ0n) is 30.4. The molecule has 0 radical (unpaired) electrons. The number of esters is 1. The second-order valence-corrected chi connectivity index (χ2v) is 17.5. The molecule has 8 aromatic rings. The fraction of sp³-hybridized carbons (Fsp3) is 0.0600. The number of aryl methyl sites for hydroxylation is 1. The van der Waals surface area contributed by atoms with Crippen LogP contribution in [0.2, 0.25) is 0 Å². The number of rotatable bonds is 10. The van der Waals surface area contributed by atoms with Crippen molar-refractivity contribution in [1.82, 2.24) is 0 Å². The van der Waals surface area contributed by atoms with E-state index in [1.54, 1.807) is 6.08 Å². The molecule has 0 aliphatic rings. The topological polar surface area (TPSA) is 26.3 Å². The summed E-state index contributed by atoms with van der Waals surface area (Å²) in [6.45, 7) is 4.38. The highest BCUT2D eigenvalue weighted by Crippen LogP contribution is 2.46. The van der Waals surface area contributed by atoms with E-state index in [4.69, 9.17) is 4.74 Å². The molecule has 8 rings (SSSR count). The largest absolute Gasteiger partial charge is 0.463 e. The molecule has 4 heteroatoms. The fourth-order valence-electron chi connectivity index (χ4n) is 7.43. The lowest BCUT2D eigenvalue weighted by Crippen LogP contribution is -2.26. The van der Waals surface area contributed by atoms with Crippen LogP contribution in [0.3, 0.4) is 0 Å². The van der Waals surface area contributed by atoms with E-state index >= 15 is 0 Å². The fourth-order valence-corrected chi connectivity index (χ4v) is 12.4. The van der Waals surface area contributed by atoms with Crippen molar-refractivity contribution in [2.75, 3.05) is 6.61 Å². The maximum Gasteiger partial charge on any atom is 0.330 e. The average Bonchev–Trinajstić information content (AvgIpc) is 3.22. The van der Waals surface area contributed by atoms with Crippen LogP contribution in [0.1, 0.15) is 18.1 Å². The van der Waals surface area contributed by atoms with Crippen LogP contribution >= 0.6 is 15.8 Å². The molecule has 0 fully saturated rings. The van der Waals surface area contributed by atoms with Gasteiger partial charge >= 0.3 is 5.97 Å². The monoisotopic (exact) mass is 734 g/mol. The van der Waals surface area contributed by atoms with Gasteiger partial charge in [0.2, 0.25) is 0 Å². The minimum Gasteiger partial charge on any atom is -0.463 e. The Morgan fingerprint density at radius 3 is 1.37 bits per heavy atom. The summed E-state index contributed by atoms with van der Waals surface area (Å²) < 4.78 is 5.28. The number of carbonyl (C=O) groups is 1. The number of fused-ring (bicyclic) bond motifs is 2. The molecule has 54 heavy (non-hydrogen) atoms. The lowest BCUT2D eigenvalue weighted by atomic mass is 9.91. The molecule has 0 saturated carbocycles. The highest BCUT2D eigenvalue weighted by Gasteiger charge is 2.28. The van der Waals surface area contributed by atoms with Crippen molar-refractivity contribution in [3.8, 4) is 11.1 Å². The average molecular weight is 735 g/mol. The molecule has 0 N–H and O–H groups in total. The smallest absolute Gasteiger partial charge is 0.330 e. The van der Waals surface area contributed by atoms with Gasteiger partial charge in [0.15, 0.2) is 0 Å². The van der Waals surface area contributed by atoms with Crippen LogP contribution in [0, 0.1) is 6.92 Å². The van der Waals surface area contributed by atoms with Gasteiger partial charge in [-0.05, 0) is 111 Å². The molecule has 0 spiro atoms. The minimum absolute atomic E-state index is 0.337. The zero-order chi connectivity index (χ0) is 36.9. The summed E-state index contributed by atoms with van der Waals surface area (Å²) in [5, 5.41) is 12.6. The predicted molar refractivity (Wildman–Crippen MR) is 235 cm³/mol. The van der Waals surface area contributed by atoms with Crippen LogP contribution in [-0.2, 0) is 9.53 Å². The van der Waals surface area contributed by atoms with E-state index < -0.39 is 15.8 Å². The van der Waals surface area contributed by atoms with Crippen molar-refractivity contribution in [1.29, 1.82) is 0 Å². The van der Waals surface area contributed by atoms with Crippen molar-refractivity contribution in [3.63, 3.8) is 0 Å². The lowest BCUT2D eigenvalue weighted by molar-refractivity contribution is -0.137. The molecule has 0 amide bonds. The van der Waals surface area contributed by atoms with Gasteiger partial charge in [0.1, 0.15) is 0 Å². The van der Waals surface area contributed by atoms with Crippen molar-refractivity contribution in [3.05, 3.63) is 199 Å². The van der Waals surface area contributed by atoms with Crippen LogP contribution in [0.5, 0.6) is 0 Å². The van der Waals surface area contributed by atoms with Crippen molar-refractivity contribution in [2.24, 2.45) is 0 Å². The maximum absolute atomic E-state index is 12.6. The molecule has 262 valence electrons. The third-order valence-corrected chi connectivity index (χ3v) is 14.8. The third-order valence-electron chi connectivity index (χ3n) is 9.81. The lowest BCUT2D eigenvalue weighted by Gasteiger charge is -2.29. The maximum atomic E-state index is 12.6. The number of carbonyl (C=O) groups excluding carboxylic acids is 1. The van der Waals surface area contributed by atoms with Gasteiger partial charge in [-0.15, -0.1) is 0 Å². The summed E-state index contributed by atoms with van der Waals surface area (Å²) >= 11 is 0. The molecule has 0 unspecified atom stereocenters. The minimum atomic E-state index is -0.985. The molecular weight excluding hydrogens is 694 g/mol. The zero-order valence-corrected chi connectivity index (χ0v) is 32.2. The molecule has 2 nitrogen and oxygen atoms in total. The number of ether oxygens (including phenoxy) is 1. The van der Waals surface area contributed by atoms with Gasteiger partial charge in [0.25, 0.3) is 0 Å². The molecular formula is C50H40O2P2. The van der Waals surface area contributed by atoms with Crippen LogP contribution in [0.25, 0.3) is 38.7 Å². The molecule has 0 bridgehead atoms. The van der Waals surface area contributed by atoms with Crippen molar-refractivity contribution < 1.29 is 9.53 Å². The van der Waals surface area contributed by atoms with E-state index in [1.165, 1.54) is 59.3 Å². The first-order chi connectivity index (χ1) is 26.6. The van der Waals surface area contributed by atoms with Gasteiger partial charge in [-0.3, -0.25) is 0 Å². The van der Waals surface area contributed by atoms with Crippen molar-refractivity contribution in [2.45, 2.75) is 13.8 Å². The summed E-state index contributed by atoms with van der Waals surface area (Å²) in [6.07, 6.45) is 3.44. The van der Waals surface area contributed by atoms with Crippen LogP contribution in [-0.4, -0.2) is 12.6 Å². The summed E-state index contributed by atoms with van der Waals surface area (Å²) in [5.41, 5.74) is 4.73. The molecule has 0 saturated heterocycles. The number of benzene rings is 8. The molecule has 0 aliphatic heterocycles. The molecule has 0 atom stereocenters. The Morgan fingerprint density at radius 2 is 0.907 bits per heavy atom. The van der Waals surface area contributed by atoms with E-state index in [9.17, 15) is 4.79 Å². The van der Waals surface area contributed by atoms with E-state index in [0.29, 0.717) is 6.61 Å². The van der Waals surface area contributed by atoms with Gasteiger partial charge < -0.3 is 4.74 Å². The van der Waals surface area contributed by atoms with E-state index in [1.807, 2.05) is 13.0 Å². The molecule has 8 aromatic carbocycles. The second-order valence-electron chi connectivity index (χ2n) is 13.1. The highest BCUT2D eigenvalue weighted by atomic mass is 31.1. The first kappa shape index (κ1) is 35.4. The Balaban J connectivity index is 1.54. The predicted octanol–water partition coefficient (Wildman–Crippen LogP) is 10.1. The normalized spacial score (nSPS) is 11.6. The third kappa shape index (κ3) is 7.04. The van der Waals surface area contributed by atoms with Crippen LogP contribution < -0.4 is 31.8 Å². The Bertz CT molecular complexity index is 2510. The Labute approximate surface area is 320 Å². The number of hydrogen-bond donors (Lipinski definition) is 0. The van der Waals surface area contributed by atoms with Gasteiger partial charge in [0.05, 0.1) is 6.61 Å². The van der Waals surface area contributed by atoms with E-state index in [-0.39, 0.29) is 5.97 Å². The molecule has 0 aromatic heterocycles. The Kier molecular flexibility index (Phi) is 10.6. The Hall–Kier alpha value is -5.65. The van der Waals surface area contributed by atoms with Gasteiger partial charge in [-0.25, -0.2) is 4.79 Å². The Morgan fingerprint density at radius 1 is 0.481 bits per heavy atom.